The highest BCUT2D eigenvalue weighted by molar-refractivity contribution is 9.10. The van der Waals surface area contributed by atoms with E-state index in [0.717, 1.165) is 40.8 Å². The highest BCUT2D eigenvalue weighted by Gasteiger charge is 2.28. The molecule has 1 aliphatic rings. The van der Waals surface area contributed by atoms with Gasteiger partial charge in [-0.2, -0.15) is 0 Å². The Bertz CT molecular complexity index is 857. The van der Waals surface area contributed by atoms with E-state index in [1.807, 2.05) is 53.4 Å². The number of likely N-dealkylation sites (tertiary alicyclic amines) is 1. The molecule has 4 nitrogen and oxygen atoms in total. The number of nitrogens with zero attached hydrogens (tertiary/aromatic N) is 2. The molecule has 5 heteroatoms. The number of amides is 1. The molecule has 1 saturated heterocycles. The van der Waals surface area contributed by atoms with Gasteiger partial charge in [0, 0.05) is 23.1 Å². The van der Waals surface area contributed by atoms with E-state index in [-0.39, 0.29) is 11.8 Å². The number of carbonyl (C=O) groups excluding carboxylic acids is 1. The second-order valence-electron chi connectivity index (χ2n) is 6.12. The summed E-state index contributed by atoms with van der Waals surface area (Å²) in [5, 5.41) is 0. The van der Waals surface area contributed by atoms with E-state index < -0.39 is 0 Å². The van der Waals surface area contributed by atoms with Gasteiger partial charge in [0.05, 0.1) is 5.92 Å². The second kappa shape index (κ2) is 6.40. The summed E-state index contributed by atoms with van der Waals surface area (Å²) in [5.41, 5.74) is 2.40. The minimum absolute atomic E-state index is 0.0668. The highest BCUT2D eigenvalue weighted by atomic mass is 79.9. The second-order valence-corrected chi connectivity index (χ2v) is 7.04. The first-order valence-electron chi connectivity index (χ1n) is 8.11. The predicted molar refractivity (Wildman–Crippen MR) is 96.0 cm³/mol. The first-order valence-corrected chi connectivity index (χ1v) is 8.90. The van der Waals surface area contributed by atoms with Gasteiger partial charge in [-0.1, -0.05) is 34.1 Å². The first-order chi connectivity index (χ1) is 11.7. The van der Waals surface area contributed by atoms with Crippen LogP contribution in [0.25, 0.3) is 11.1 Å². The third kappa shape index (κ3) is 2.96. The van der Waals surface area contributed by atoms with Crippen molar-refractivity contribution in [1.82, 2.24) is 9.88 Å². The molecule has 4 rings (SSSR count). The molecule has 1 aliphatic heterocycles. The number of piperidine rings is 1. The quantitative estimate of drug-likeness (QED) is 0.647. The third-order valence-corrected chi connectivity index (χ3v) is 4.93. The van der Waals surface area contributed by atoms with Crippen LogP contribution in [0.3, 0.4) is 0 Å². The van der Waals surface area contributed by atoms with Crippen molar-refractivity contribution in [2.45, 2.75) is 18.8 Å². The van der Waals surface area contributed by atoms with Crippen molar-refractivity contribution in [3.05, 3.63) is 64.5 Å². The van der Waals surface area contributed by atoms with Crippen LogP contribution in [0, 0.1) is 0 Å². The summed E-state index contributed by atoms with van der Waals surface area (Å²) in [6.45, 7) is 1.43. The maximum Gasteiger partial charge on any atom is 0.253 e. The molecule has 0 N–H and O–H groups in total. The topological polar surface area (TPSA) is 46.3 Å². The van der Waals surface area contributed by atoms with Gasteiger partial charge in [0.2, 0.25) is 0 Å². The summed E-state index contributed by atoms with van der Waals surface area (Å²) >= 11 is 3.43. The number of aromatic nitrogens is 1. The van der Waals surface area contributed by atoms with Crippen LogP contribution in [0.4, 0.5) is 0 Å². The maximum absolute atomic E-state index is 12.8. The third-order valence-electron chi connectivity index (χ3n) is 4.44. The summed E-state index contributed by atoms with van der Waals surface area (Å²) in [7, 11) is 0. The van der Waals surface area contributed by atoms with Crippen molar-refractivity contribution in [2.75, 3.05) is 13.1 Å². The summed E-state index contributed by atoms with van der Waals surface area (Å²) in [5.74, 6) is 0.960. The van der Waals surface area contributed by atoms with Gasteiger partial charge in [-0.05, 0) is 43.2 Å². The van der Waals surface area contributed by atoms with Gasteiger partial charge in [0.15, 0.2) is 11.5 Å². The molecule has 1 aromatic heterocycles. The minimum atomic E-state index is 0.0668. The number of hydrogen-bond donors (Lipinski definition) is 0. The monoisotopic (exact) mass is 384 g/mol. The maximum atomic E-state index is 12.8. The number of carbonyl (C=O) groups is 1. The Labute approximate surface area is 148 Å². The zero-order valence-electron chi connectivity index (χ0n) is 13.1. The lowest BCUT2D eigenvalue weighted by Gasteiger charge is -2.31. The molecule has 122 valence electrons. The zero-order chi connectivity index (χ0) is 16.5. The van der Waals surface area contributed by atoms with Crippen molar-refractivity contribution >= 4 is 32.9 Å². The van der Waals surface area contributed by atoms with Crippen molar-refractivity contribution in [3.8, 4) is 0 Å². The number of fused-ring (bicyclic) bond motifs is 1. The molecule has 1 fully saturated rings. The number of rotatable bonds is 2. The molecule has 1 amide bonds. The molecule has 2 heterocycles. The first kappa shape index (κ1) is 15.4. The number of oxazole rings is 1. The summed E-state index contributed by atoms with van der Waals surface area (Å²) < 4.78 is 6.82. The molecule has 3 aromatic rings. The number of hydrogen-bond acceptors (Lipinski definition) is 3. The summed E-state index contributed by atoms with van der Waals surface area (Å²) in [6.07, 6.45) is 1.96. The average Bonchev–Trinajstić information content (AvgIpc) is 3.05. The Morgan fingerprint density at radius 3 is 2.92 bits per heavy atom. The van der Waals surface area contributed by atoms with Crippen LogP contribution in [-0.4, -0.2) is 28.9 Å². The molecule has 0 radical (unpaired) electrons. The molecule has 0 bridgehead atoms. The van der Waals surface area contributed by atoms with Gasteiger partial charge < -0.3 is 9.32 Å². The van der Waals surface area contributed by atoms with E-state index in [9.17, 15) is 4.79 Å². The molecular formula is C19H17BrN2O2. The van der Waals surface area contributed by atoms with Crippen LogP contribution >= 0.6 is 15.9 Å². The van der Waals surface area contributed by atoms with Crippen LogP contribution in [0.15, 0.2) is 57.4 Å². The molecule has 0 spiro atoms. The fourth-order valence-corrected chi connectivity index (χ4v) is 3.63. The zero-order valence-corrected chi connectivity index (χ0v) is 14.7. The van der Waals surface area contributed by atoms with Crippen molar-refractivity contribution in [2.24, 2.45) is 0 Å². The van der Waals surface area contributed by atoms with Gasteiger partial charge in [-0.25, -0.2) is 4.98 Å². The summed E-state index contributed by atoms with van der Waals surface area (Å²) in [4.78, 5) is 19.3. The van der Waals surface area contributed by atoms with Gasteiger partial charge >= 0.3 is 0 Å². The van der Waals surface area contributed by atoms with Crippen molar-refractivity contribution < 1.29 is 9.21 Å². The largest absolute Gasteiger partial charge is 0.440 e. The van der Waals surface area contributed by atoms with E-state index in [1.54, 1.807) is 0 Å². The fourth-order valence-electron chi connectivity index (χ4n) is 3.23. The van der Waals surface area contributed by atoms with E-state index in [1.165, 1.54) is 0 Å². The molecule has 0 aliphatic carbocycles. The number of para-hydroxylation sites is 2. The Morgan fingerprint density at radius 2 is 2.08 bits per heavy atom. The van der Waals surface area contributed by atoms with Crippen LogP contribution in [0.5, 0.6) is 0 Å². The lowest BCUT2D eigenvalue weighted by Crippen LogP contribution is -2.39. The lowest BCUT2D eigenvalue weighted by atomic mass is 9.97. The average molecular weight is 385 g/mol. The predicted octanol–water partition coefficient (Wildman–Crippen LogP) is 4.61. The van der Waals surface area contributed by atoms with Gasteiger partial charge in [-0.15, -0.1) is 0 Å². The van der Waals surface area contributed by atoms with Crippen LogP contribution in [0.2, 0.25) is 0 Å². The molecule has 1 atom stereocenters. The van der Waals surface area contributed by atoms with Gasteiger partial charge in [-0.3, -0.25) is 4.79 Å². The van der Waals surface area contributed by atoms with E-state index in [0.29, 0.717) is 12.1 Å². The molecule has 2 aromatic carbocycles. The van der Waals surface area contributed by atoms with Crippen LogP contribution in [0.1, 0.15) is 35.0 Å². The van der Waals surface area contributed by atoms with Crippen molar-refractivity contribution in [3.63, 3.8) is 0 Å². The standard InChI is InChI=1S/C19H17BrN2O2/c20-15-7-3-5-13(11-15)19(23)22-10-4-6-14(12-22)18-21-16-8-1-2-9-17(16)24-18/h1-3,5,7-9,11,14H,4,6,10,12H2. The van der Waals surface area contributed by atoms with Crippen LogP contribution < -0.4 is 0 Å². The minimum Gasteiger partial charge on any atom is -0.440 e. The molecular weight excluding hydrogens is 368 g/mol. The van der Waals surface area contributed by atoms with E-state index in [4.69, 9.17) is 4.42 Å². The fraction of sp³-hybridized carbons (Fsp3) is 0.263. The molecule has 0 saturated carbocycles. The molecule has 24 heavy (non-hydrogen) atoms. The Morgan fingerprint density at radius 1 is 1.21 bits per heavy atom. The van der Waals surface area contributed by atoms with Crippen LogP contribution in [-0.2, 0) is 0 Å². The highest BCUT2D eigenvalue weighted by Crippen LogP contribution is 2.29. The van der Waals surface area contributed by atoms with E-state index >= 15 is 0 Å². The Kier molecular flexibility index (Phi) is 4.10. The van der Waals surface area contributed by atoms with Gasteiger partial charge in [0.1, 0.15) is 5.52 Å². The lowest BCUT2D eigenvalue weighted by molar-refractivity contribution is 0.0699. The number of halogens is 1. The van der Waals surface area contributed by atoms with E-state index in [2.05, 4.69) is 20.9 Å². The Balaban J connectivity index is 1.56. The molecule has 1 unspecified atom stereocenters. The summed E-state index contributed by atoms with van der Waals surface area (Å²) in [6, 6.07) is 15.3. The Hall–Kier alpha value is -2.14. The number of benzene rings is 2. The van der Waals surface area contributed by atoms with Crippen molar-refractivity contribution in [1.29, 1.82) is 0 Å². The van der Waals surface area contributed by atoms with Gasteiger partial charge in [0.25, 0.3) is 5.91 Å². The normalized spacial score (nSPS) is 18.0. The smallest absolute Gasteiger partial charge is 0.253 e. The SMILES string of the molecule is O=C(c1cccc(Br)c1)N1CCCC(c2nc3ccccc3o2)C1.